The van der Waals surface area contributed by atoms with Crippen molar-refractivity contribution in [2.75, 3.05) is 19.7 Å². The van der Waals surface area contributed by atoms with Gasteiger partial charge in [-0.3, -0.25) is 9.59 Å². The maximum atomic E-state index is 12.3. The van der Waals surface area contributed by atoms with Gasteiger partial charge in [0.1, 0.15) is 0 Å². The van der Waals surface area contributed by atoms with Gasteiger partial charge in [0.15, 0.2) is 0 Å². The second-order valence-corrected chi connectivity index (χ2v) is 4.88. The molecule has 0 spiro atoms. The molecule has 0 radical (unpaired) electrons. The zero-order valence-corrected chi connectivity index (χ0v) is 13.0. The third-order valence-corrected chi connectivity index (χ3v) is 3.47. The summed E-state index contributed by atoms with van der Waals surface area (Å²) >= 11 is 11.7. The summed E-state index contributed by atoms with van der Waals surface area (Å²) in [6, 6.07) is 4.72. The van der Waals surface area contributed by atoms with Crippen molar-refractivity contribution in [1.29, 1.82) is 0 Å². The summed E-state index contributed by atoms with van der Waals surface area (Å²) in [7, 11) is 0. The van der Waals surface area contributed by atoms with E-state index in [-0.39, 0.29) is 18.3 Å². The van der Waals surface area contributed by atoms with Gasteiger partial charge in [-0.1, -0.05) is 23.2 Å². The largest absolute Gasteiger partial charge is 0.466 e. The molecule has 0 aliphatic rings. The lowest BCUT2D eigenvalue weighted by Gasteiger charge is -2.20. The molecule has 0 saturated carbocycles. The fraction of sp³-hybridized carbons (Fsp3) is 0.429. The van der Waals surface area contributed by atoms with E-state index in [9.17, 15) is 9.59 Å². The minimum Gasteiger partial charge on any atom is -0.466 e. The molecule has 0 unspecified atom stereocenters. The van der Waals surface area contributed by atoms with Crippen LogP contribution in [0, 0.1) is 0 Å². The van der Waals surface area contributed by atoms with E-state index in [2.05, 4.69) is 0 Å². The minimum absolute atomic E-state index is 0.175. The van der Waals surface area contributed by atoms with E-state index in [0.29, 0.717) is 35.3 Å². The average molecular weight is 318 g/mol. The highest BCUT2D eigenvalue weighted by molar-refractivity contribution is 6.42. The predicted octanol–water partition coefficient (Wildman–Crippen LogP) is 3.41. The lowest BCUT2D eigenvalue weighted by Crippen LogP contribution is -2.33. The van der Waals surface area contributed by atoms with Gasteiger partial charge in [-0.2, -0.15) is 0 Å². The molecular formula is C14H17Cl2NO3. The van der Waals surface area contributed by atoms with E-state index >= 15 is 0 Å². The Hall–Kier alpha value is -1.26. The number of hydrogen-bond donors (Lipinski definition) is 0. The van der Waals surface area contributed by atoms with Gasteiger partial charge in [0, 0.05) is 18.7 Å². The summed E-state index contributed by atoms with van der Waals surface area (Å²) < 4.78 is 4.84. The van der Waals surface area contributed by atoms with Gasteiger partial charge in [-0.05, 0) is 32.0 Å². The van der Waals surface area contributed by atoms with Crippen LogP contribution in [0.25, 0.3) is 0 Å². The Bertz CT molecular complexity index is 491. The second-order valence-electron chi connectivity index (χ2n) is 4.07. The zero-order chi connectivity index (χ0) is 15.1. The molecule has 0 saturated heterocycles. The molecule has 110 valence electrons. The summed E-state index contributed by atoms with van der Waals surface area (Å²) in [5.74, 6) is -0.497. The molecule has 0 bridgehead atoms. The van der Waals surface area contributed by atoms with Gasteiger partial charge >= 0.3 is 5.97 Å². The van der Waals surface area contributed by atoms with Crippen LogP contribution in [-0.4, -0.2) is 36.5 Å². The van der Waals surface area contributed by atoms with Crippen molar-refractivity contribution >= 4 is 35.1 Å². The van der Waals surface area contributed by atoms with Crippen LogP contribution in [0.2, 0.25) is 10.0 Å². The van der Waals surface area contributed by atoms with Crippen LogP contribution in [0.4, 0.5) is 0 Å². The van der Waals surface area contributed by atoms with E-state index in [0.717, 1.165) is 0 Å². The molecule has 1 rings (SSSR count). The van der Waals surface area contributed by atoms with Crippen LogP contribution in [0.1, 0.15) is 30.6 Å². The summed E-state index contributed by atoms with van der Waals surface area (Å²) in [5, 5.41) is 0.733. The van der Waals surface area contributed by atoms with E-state index in [1.807, 2.05) is 6.92 Å². The van der Waals surface area contributed by atoms with E-state index in [1.54, 1.807) is 24.0 Å². The van der Waals surface area contributed by atoms with Crippen LogP contribution in [-0.2, 0) is 9.53 Å². The molecule has 6 heteroatoms. The number of ether oxygens (including phenoxy) is 1. The summed E-state index contributed by atoms with van der Waals surface area (Å²) in [5.41, 5.74) is 0.449. The number of carbonyl (C=O) groups is 2. The van der Waals surface area contributed by atoms with Crippen LogP contribution in [0.15, 0.2) is 18.2 Å². The summed E-state index contributed by atoms with van der Waals surface area (Å²) in [4.78, 5) is 25.2. The minimum atomic E-state index is -0.312. The smallest absolute Gasteiger partial charge is 0.307 e. The van der Waals surface area contributed by atoms with Crippen molar-refractivity contribution < 1.29 is 14.3 Å². The molecule has 20 heavy (non-hydrogen) atoms. The van der Waals surface area contributed by atoms with Gasteiger partial charge in [0.2, 0.25) is 0 Å². The fourth-order valence-electron chi connectivity index (χ4n) is 1.67. The van der Waals surface area contributed by atoms with Crippen molar-refractivity contribution in [2.45, 2.75) is 20.3 Å². The molecule has 0 atom stereocenters. The first-order chi connectivity index (χ1) is 9.49. The Morgan fingerprint density at radius 1 is 1.20 bits per heavy atom. The highest BCUT2D eigenvalue weighted by Crippen LogP contribution is 2.23. The van der Waals surface area contributed by atoms with Gasteiger partial charge in [0.05, 0.1) is 23.1 Å². The Kier molecular flexibility index (Phi) is 6.82. The average Bonchev–Trinajstić information content (AvgIpc) is 2.42. The Morgan fingerprint density at radius 2 is 1.90 bits per heavy atom. The van der Waals surface area contributed by atoms with Crippen molar-refractivity contribution in [3.05, 3.63) is 33.8 Å². The van der Waals surface area contributed by atoms with Gasteiger partial charge in [-0.15, -0.1) is 0 Å². The van der Waals surface area contributed by atoms with Crippen molar-refractivity contribution in [3.63, 3.8) is 0 Å². The number of carbonyl (C=O) groups excluding carboxylic acids is 2. The molecule has 0 aliphatic heterocycles. The number of hydrogen-bond acceptors (Lipinski definition) is 3. The molecule has 1 aromatic rings. The lowest BCUT2D eigenvalue weighted by molar-refractivity contribution is -0.143. The van der Waals surface area contributed by atoms with Gasteiger partial charge < -0.3 is 9.64 Å². The molecule has 0 N–H and O–H groups in total. The molecule has 0 aliphatic carbocycles. The third-order valence-electron chi connectivity index (χ3n) is 2.73. The highest BCUT2D eigenvalue weighted by atomic mass is 35.5. The molecule has 1 amide bonds. The molecular weight excluding hydrogens is 301 g/mol. The van der Waals surface area contributed by atoms with Gasteiger partial charge in [0.25, 0.3) is 5.91 Å². The van der Waals surface area contributed by atoms with Crippen molar-refractivity contribution in [1.82, 2.24) is 4.90 Å². The first-order valence-electron chi connectivity index (χ1n) is 6.39. The van der Waals surface area contributed by atoms with Crippen LogP contribution < -0.4 is 0 Å². The number of esters is 1. The number of nitrogens with zero attached hydrogens (tertiary/aromatic N) is 1. The second kappa shape index (κ2) is 8.12. The lowest BCUT2D eigenvalue weighted by atomic mass is 10.2. The monoisotopic (exact) mass is 317 g/mol. The van der Waals surface area contributed by atoms with Crippen molar-refractivity contribution in [3.8, 4) is 0 Å². The number of halogens is 2. The van der Waals surface area contributed by atoms with Crippen LogP contribution in [0.5, 0.6) is 0 Å². The topological polar surface area (TPSA) is 46.6 Å². The first kappa shape index (κ1) is 16.8. The van der Waals surface area contributed by atoms with Crippen molar-refractivity contribution in [2.24, 2.45) is 0 Å². The zero-order valence-electron chi connectivity index (χ0n) is 11.5. The molecule has 0 aromatic heterocycles. The highest BCUT2D eigenvalue weighted by Gasteiger charge is 2.16. The van der Waals surface area contributed by atoms with Crippen LogP contribution in [0.3, 0.4) is 0 Å². The standard InChI is InChI=1S/C14H17Cl2NO3/c1-3-17(8-7-13(18)20-4-2)14(19)10-5-6-11(15)12(16)9-10/h5-6,9H,3-4,7-8H2,1-2H3. The predicted molar refractivity (Wildman–Crippen MR) is 79.3 cm³/mol. The SMILES string of the molecule is CCOC(=O)CCN(CC)C(=O)c1ccc(Cl)c(Cl)c1. The molecule has 1 aromatic carbocycles. The van der Waals surface area contributed by atoms with Crippen LogP contribution >= 0.6 is 23.2 Å². The van der Waals surface area contributed by atoms with Gasteiger partial charge in [-0.25, -0.2) is 0 Å². The quantitative estimate of drug-likeness (QED) is 0.755. The van der Waals surface area contributed by atoms with E-state index < -0.39 is 0 Å². The fourth-order valence-corrected chi connectivity index (χ4v) is 1.97. The number of amides is 1. The summed E-state index contributed by atoms with van der Waals surface area (Å²) in [6.45, 7) is 4.75. The number of benzene rings is 1. The molecule has 4 nitrogen and oxygen atoms in total. The van der Waals surface area contributed by atoms with E-state index in [1.165, 1.54) is 6.07 Å². The third kappa shape index (κ3) is 4.69. The van der Waals surface area contributed by atoms with E-state index in [4.69, 9.17) is 27.9 Å². The number of rotatable bonds is 6. The normalized spacial score (nSPS) is 10.2. The maximum Gasteiger partial charge on any atom is 0.307 e. The first-order valence-corrected chi connectivity index (χ1v) is 7.15. The molecule has 0 fully saturated rings. The maximum absolute atomic E-state index is 12.3. The Morgan fingerprint density at radius 3 is 2.45 bits per heavy atom. The summed E-state index contributed by atoms with van der Waals surface area (Å²) in [6.07, 6.45) is 0.175. The molecule has 0 heterocycles. The Balaban J connectivity index is 2.71. The Labute approximate surface area is 128 Å².